The Hall–Kier alpha value is -1.34. The topological polar surface area (TPSA) is 3.24 Å². The van der Waals surface area contributed by atoms with Gasteiger partial charge in [-0.3, -0.25) is 4.90 Å². The molecule has 0 fully saturated rings. The largest absolute Gasteiger partial charge is 0.298 e. The van der Waals surface area contributed by atoms with Crippen molar-refractivity contribution in [1.29, 1.82) is 0 Å². The summed E-state index contributed by atoms with van der Waals surface area (Å²) in [6.45, 7) is -7.92. The van der Waals surface area contributed by atoms with Crippen LogP contribution in [-0.2, 0) is 13.0 Å². The molecule has 2 aromatic rings. The van der Waals surface area contributed by atoms with E-state index < -0.39 is 55.3 Å². The molecule has 0 radical (unpaired) electrons. The standard InChI is InChI=1S/C14H15N/c1-10-6-11-4-3-5-12-8-15(2)9-13(7-10)14(11)12/h3-7H,8-9H2,1-2H3/i2D3,3D,4D,5D,6D,7D,8D2,9D2. The van der Waals surface area contributed by atoms with Crippen LogP contribution in [0.15, 0.2) is 30.2 Å². The zero-order valence-electron chi connectivity index (χ0n) is 19.9. The first kappa shape index (κ1) is 2.86. The first-order valence-electron chi connectivity index (χ1n) is 10.4. The summed E-state index contributed by atoms with van der Waals surface area (Å²) in [5.74, 6) is 0. The predicted octanol–water partition coefficient (Wildman–Crippen LogP) is 3.09. The van der Waals surface area contributed by atoms with E-state index in [2.05, 4.69) is 0 Å². The second kappa shape index (κ2) is 3.07. The lowest BCUT2D eigenvalue weighted by Gasteiger charge is -2.26. The summed E-state index contributed by atoms with van der Waals surface area (Å²) >= 11 is 0. The van der Waals surface area contributed by atoms with E-state index in [9.17, 15) is 0 Å². The van der Waals surface area contributed by atoms with Gasteiger partial charge in [-0.15, -0.1) is 0 Å². The molecule has 0 spiro atoms. The number of hydrogen-bond donors (Lipinski definition) is 0. The van der Waals surface area contributed by atoms with E-state index in [1.165, 1.54) is 6.92 Å². The van der Waals surface area contributed by atoms with E-state index in [0.717, 1.165) is 0 Å². The van der Waals surface area contributed by atoms with Crippen molar-refractivity contribution < 1.29 is 16.4 Å². The fraction of sp³-hybridized carbons (Fsp3) is 0.286. The Morgan fingerprint density at radius 3 is 3.07 bits per heavy atom. The van der Waals surface area contributed by atoms with Crippen molar-refractivity contribution in [3.8, 4) is 0 Å². The summed E-state index contributed by atoms with van der Waals surface area (Å²) in [7, 11) is 0. The minimum absolute atomic E-state index is 0.0215. The molecule has 0 aromatic heterocycles. The Morgan fingerprint density at radius 2 is 2.20 bits per heavy atom. The fourth-order valence-electron chi connectivity index (χ4n) is 1.64. The molecule has 0 aliphatic carbocycles. The van der Waals surface area contributed by atoms with E-state index >= 15 is 0 Å². The molecule has 0 bridgehead atoms. The number of nitrogens with zero attached hydrogens (tertiary/aromatic N) is 1. The maximum absolute atomic E-state index is 8.36. The van der Waals surface area contributed by atoms with Gasteiger partial charge in [-0.2, -0.15) is 0 Å². The van der Waals surface area contributed by atoms with Crippen molar-refractivity contribution in [3.05, 3.63) is 46.9 Å². The molecule has 1 aliphatic rings. The van der Waals surface area contributed by atoms with Crippen LogP contribution in [-0.4, -0.2) is 11.9 Å². The lowest BCUT2D eigenvalue weighted by molar-refractivity contribution is 0.314. The zero-order valence-corrected chi connectivity index (χ0v) is 7.95. The van der Waals surface area contributed by atoms with Crippen LogP contribution < -0.4 is 0 Å². The third-order valence-corrected chi connectivity index (χ3v) is 2.20. The lowest BCUT2D eigenvalue weighted by Crippen LogP contribution is -2.21. The summed E-state index contributed by atoms with van der Waals surface area (Å²) in [4.78, 5) is -0.0215. The van der Waals surface area contributed by atoms with Crippen molar-refractivity contribution in [2.75, 3.05) is 6.98 Å². The lowest BCUT2D eigenvalue weighted by atomic mass is 9.94. The summed E-state index contributed by atoms with van der Waals surface area (Å²) in [5, 5.41) is -0.593. The highest BCUT2D eigenvalue weighted by molar-refractivity contribution is 5.90. The molecule has 1 aliphatic heterocycles. The highest BCUT2D eigenvalue weighted by Crippen LogP contribution is 2.30. The Morgan fingerprint density at radius 1 is 1.33 bits per heavy atom. The van der Waals surface area contributed by atoms with E-state index in [0.29, 0.717) is 0 Å². The van der Waals surface area contributed by atoms with Crippen LogP contribution in [0.25, 0.3) is 10.8 Å². The van der Waals surface area contributed by atoms with Gasteiger partial charge < -0.3 is 0 Å². The highest BCUT2D eigenvalue weighted by atomic mass is 15.1. The first-order valence-corrected chi connectivity index (χ1v) is 4.42. The van der Waals surface area contributed by atoms with Gasteiger partial charge in [0.1, 0.15) is 0 Å². The molecular formula is C14H15N. The molecule has 0 amide bonds. The SMILES string of the molecule is [2H]c1c([2H])c2c3c(c([2H])c(C)c([2H])c3c1[2H])C([2H])([2H])N(C([2H])([2H])[2H])C2([2H])[2H]. The molecule has 76 valence electrons. The molecule has 2 aromatic carbocycles. The van der Waals surface area contributed by atoms with E-state index in [4.69, 9.17) is 16.4 Å². The summed E-state index contributed by atoms with van der Waals surface area (Å²) < 4.78 is 96.9. The molecule has 0 saturated heterocycles. The molecule has 0 saturated carbocycles. The number of benzene rings is 2. The van der Waals surface area contributed by atoms with Gasteiger partial charge in [-0.05, 0) is 35.8 Å². The molecular weight excluding hydrogens is 182 g/mol. The quantitative estimate of drug-likeness (QED) is 0.644. The van der Waals surface area contributed by atoms with Gasteiger partial charge in [-0.25, -0.2) is 0 Å². The average Bonchev–Trinajstić information content (AvgIpc) is 2.46. The third-order valence-electron chi connectivity index (χ3n) is 2.20. The minimum Gasteiger partial charge on any atom is -0.298 e. The number of hydrogen-bond acceptors (Lipinski definition) is 1. The zero-order chi connectivity index (χ0) is 20.9. The monoisotopic (exact) mass is 209 g/mol. The van der Waals surface area contributed by atoms with Crippen molar-refractivity contribution in [2.24, 2.45) is 0 Å². The van der Waals surface area contributed by atoms with Crippen LogP contribution in [0, 0.1) is 6.92 Å². The van der Waals surface area contributed by atoms with Crippen molar-refractivity contribution in [1.82, 2.24) is 4.90 Å². The molecule has 0 unspecified atom stereocenters. The Bertz CT molecular complexity index is 922. The van der Waals surface area contributed by atoms with Gasteiger partial charge >= 0.3 is 0 Å². The summed E-state index contributed by atoms with van der Waals surface area (Å²) in [5.41, 5.74) is -1.14. The van der Waals surface area contributed by atoms with E-state index in [-0.39, 0.29) is 27.3 Å². The Kier molecular flexibility index (Phi) is 0.587. The van der Waals surface area contributed by atoms with Crippen molar-refractivity contribution >= 4 is 10.8 Å². The fourth-order valence-corrected chi connectivity index (χ4v) is 1.64. The van der Waals surface area contributed by atoms with Gasteiger partial charge in [0.2, 0.25) is 0 Å². The maximum atomic E-state index is 8.36. The van der Waals surface area contributed by atoms with Crippen LogP contribution in [0.5, 0.6) is 0 Å². The van der Waals surface area contributed by atoms with Gasteiger partial charge in [0.15, 0.2) is 0 Å². The van der Waals surface area contributed by atoms with Crippen molar-refractivity contribution in [2.45, 2.75) is 19.9 Å². The van der Waals surface area contributed by atoms with Crippen molar-refractivity contribution in [3.63, 3.8) is 0 Å². The molecule has 3 rings (SSSR count). The Balaban J connectivity index is 2.74. The van der Waals surface area contributed by atoms with Crippen LogP contribution in [0.2, 0.25) is 0 Å². The molecule has 15 heavy (non-hydrogen) atoms. The predicted molar refractivity (Wildman–Crippen MR) is 63.9 cm³/mol. The van der Waals surface area contributed by atoms with Crippen LogP contribution >= 0.6 is 0 Å². The molecule has 1 heterocycles. The first-order chi connectivity index (χ1) is 12.1. The van der Waals surface area contributed by atoms with E-state index in [1.54, 1.807) is 0 Å². The highest BCUT2D eigenvalue weighted by Gasteiger charge is 2.15. The summed E-state index contributed by atoms with van der Waals surface area (Å²) in [6.07, 6.45) is 0. The van der Waals surface area contributed by atoms with Gasteiger partial charge in [0.05, 0.1) is 6.85 Å². The molecule has 0 N–H and O–H groups in total. The number of rotatable bonds is 0. The van der Waals surface area contributed by atoms with E-state index in [1.807, 2.05) is 0 Å². The third kappa shape index (κ3) is 1.35. The second-order valence-electron chi connectivity index (χ2n) is 3.31. The molecule has 0 atom stereocenters. The van der Waals surface area contributed by atoms with Gasteiger partial charge in [0.25, 0.3) is 0 Å². The summed E-state index contributed by atoms with van der Waals surface area (Å²) in [6, 6.07) is -2.83. The smallest absolute Gasteiger partial charge is 0.0632 e. The van der Waals surface area contributed by atoms with Gasteiger partial charge in [-0.1, -0.05) is 35.8 Å². The average molecular weight is 209 g/mol. The Labute approximate surface area is 107 Å². The minimum atomic E-state index is -3.26. The second-order valence-corrected chi connectivity index (χ2v) is 3.31. The van der Waals surface area contributed by atoms with Crippen LogP contribution in [0.1, 0.15) is 33.1 Å². The van der Waals surface area contributed by atoms with Gasteiger partial charge in [0, 0.05) is 22.6 Å². The molecule has 1 heteroatoms. The van der Waals surface area contributed by atoms with Crippen LogP contribution in [0.3, 0.4) is 0 Å². The normalized spacial score (nSPS) is 35.0. The maximum Gasteiger partial charge on any atom is 0.0632 e. The van der Waals surface area contributed by atoms with Crippen LogP contribution in [0.4, 0.5) is 0 Å². The molecule has 1 nitrogen and oxygen atoms in total.